The number of aliphatic carboxylic acids is 2. The van der Waals surface area contributed by atoms with Gasteiger partial charge in [-0.3, -0.25) is 9.18 Å². The quantitative estimate of drug-likeness (QED) is 0.439. The van der Waals surface area contributed by atoms with E-state index in [2.05, 4.69) is 0 Å². The molecule has 1 rings (SSSR count). The second-order valence-corrected chi connectivity index (χ2v) is 4.87. The number of nitrogens with two attached hydrogens (primary N) is 1. The van der Waals surface area contributed by atoms with Crippen LogP contribution in [0, 0.1) is 0 Å². The van der Waals surface area contributed by atoms with E-state index in [-0.39, 0.29) is 18.1 Å². The fraction of sp³-hybridized carbons (Fsp3) is 0.467. The van der Waals surface area contributed by atoms with E-state index in [4.69, 9.17) is 20.7 Å². The van der Waals surface area contributed by atoms with E-state index < -0.39 is 24.7 Å². The average Bonchev–Trinajstić information content (AvgIpc) is 2.48. The molecule has 2 unspecified atom stereocenters. The molecule has 122 valence electrons. The summed E-state index contributed by atoms with van der Waals surface area (Å²) in [5, 5.41) is 17.8. The zero-order valence-electron chi connectivity index (χ0n) is 12.1. The maximum absolute atomic E-state index is 12.0. The highest BCUT2D eigenvalue weighted by molar-refractivity contribution is 5.89. The number of carbonyl (C=O) groups is 2. The van der Waals surface area contributed by atoms with Crippen molar-refractivity contribution in [3.8, 4) is 0 Å². The molecule has 0 fully saturated rings. The van der Waals surface area contributed by atoms with Crippen LogP contribution in [-0.2, 0) is 14.3 Å². The topological polar surface area (TPSA) is 110 Å². The molecule has 0 radical (unpaired) electrons. The van der Waals surface area contributed by atoms with Crippen LogP contribution in [0.2, 0.25) is 0 Å². The van der Waals surface area contributed by atoms with Gasteiger partial charge >= 0.3 is 11.9 Å². The van der Waals surface area contributed by atoms with Crippen molar-refractivity contribution in [1.29, 1.82) is 0 Å². The molecule has 7 heteroatoms. The van der Waals surface area contributed by atoms with Crippen LogP contribution in [0.25, 0.3) is 0 Å². The first-order valence-electron chi connectivity index (χ1n) is 6.92. The number of ether oxygens (including phenoxy) is 1. The molecule has 0 aliphatic heterocycles. The van der Waals surface area contributed by atoms with Gasteiger partial charge in [0.2, 0.25) is 0 Å². The maximum Gasteiger partial charge on any atom is 0.331 e. The van der Waals surface area contributed by atoms with Crippen LogP contribution >= 0.6 is 0 Å². The predicted octanol–water partition coefficient (Wildman–Crippen LogP) is 1.43. The molecule has 0 aromatic rings. The fourth-order valence-electron chi connectivity index (χ4n) is 1.87. The largest absolute Gasteiger partial charge is 0.480 e. The number of halogens is 1. The monoisotopic (exact) mass is 313 g/mol. The molecule has 1 aliphatic carbocycles. The average molecular weight is 313 g/mol. The molecule has 0 amide bonds. The smallest absolute Gasteiger partial charge is 0.331 e. The summed E-state index contributed by atoms with van der Waals surface area (Å²) in [7, 11) is 0. The summed E-state index contributed by atoms with van der Waals surface area (Å²) >= 11 is 0. The molecule has 1 aliphatic rings. The molecular weight excluding hydrogens is 293 g/mol. The second-order valence-electron chi connectivity index (χ2n) is 4.87. The molecule has 4 N–H and O–H groups in total. The van der Waals surface area contributed by atoms with Gasteiger partial charge in [-0.25, -0.2) is 4.79 Å². The molecule has 2 atom stereocenters. The molecule has 0 spiro atoms. The molecule has 0 bridgehead atoms. The Balaban J connectivity index is 2.64. The lowest BCUT2D eigenvalue weighted by molar-refractivity contribution is -0.138. The Bertz CT molecular complexity index is 498. The summed E-state index contributed by atoms with van der Waals surface area (Å²) in [6.07, 6.45) is 7.13. The van der Waals surface area contributed by atoms with Crippen LogP contribution in [0.5, 0.6) is 0 Å². The van der Waals surface area contributed by atoms with Crippen molar-refractivity contribution in [2.24, 2.45) is 5.73 Å². The predicted molar refractivity (Wildman–Crippen MR) is 78.1 cm³/mol. The minimum Gasteiger partial charge on any atom is -0.480 e. The summed E-state index contributed by atoms with van der Waals surface area (Å²) in [6, 6.07) is -1.26. The number of hydrogen-bond acceptors (Lipinski definition) is 4. The maximum atomic E-state index is 12.0. The Morgan fingerprint density at radius 3 is 2.73 bits per heavy atom. The van der Waals surface area contributed by atoms with Crippen LogP contribution in [0.3, 0.4) is 0 Å². The summed E-state index contributed by atoms with van der Waals surface area (Å²) in [5.74, 6) is -2.45. The summed E-state index contributed by atoms with van der Waals surface area (Å²) < 4.78 is 17.4. The van der Waals surface area contributed by atoms with Gasteiger partial charge in [-0.1, -0.05) is 18.2 Å². The van der Waals surface area contributed by atoms with Crippen LogP contribution < -0.4 is 5.73 Å². The lowest BCUT2D eigenvalue weighted by atomic mass is 9.99. The van der Waals surface area contributed by atoms with Gasteiger partial charge in [0.15, 0.2) is 0 Å². The van der Waals surface area contributed by atoms with Gasteiger partial charge < -0.3 is 20.7 Å². The standard InChI is InChI=1S/C15H20FNO5/c16-6-1-7-22-12-4-2-10(3-5-12)8-11(14(18)19)9-13(17)15(20)21/h2-4,8,12-13H,1,5-7,9,17H2,(H,18,19)(H,20,21). The van der Waals surface area contributed by atoms with Crippen LogP contribution in [0.4, 0.5) is 4.39 Å². The Morgan fingerprint density at radius 1 is 1.50 bits per heavy atom. The van der Waals surface area contributed by atoms with Gasteiger partial charge in [0.05, 0.1) is 12.8 Å². The lowest BCUT2D eigenvalue weighted by Crippen LogP contribution is -2.31. The van der Waals surface area contributed by atoms with Gasteiger partial charge in [-0.2, -0.15) is 0 Å². The molecule has 0 heterocycles. The van der Waals surface area contributed by atoms with Crippen molar-refractivity contribution in [1.82, 2.24) is 0 Å². The highest BCUT2D eigenvalue weighted by Gasteiger charge is 2.18. The molecule has 0 aromatic heterocycles. The molecule has 0 aromatic carbocycles. The highest BCUT2D eigenvalue weighted by Crippen LogP contribution is 2.18. The van der Waals surface area contributed by atoms with E-state index in [1.165, 1.54) is 6.08 Å². The van der Waals surface area contributed by atoms with Gasteiger partial charge in [-0.05, 0) is 24.5 Å². The Morgan fingerprint density at radius 2 is 2.23 bits per heavy atom. The van der Waals surface area contributed by atoms with Crippen molar-refractivity contribution in [2.45, 2.75) is 31.4 Å². The third-order valence-corrected chi connectivity index (χ3v) is 3.07. The Hall–Kier alpha value is -1.99. The number of carboxylic acid groups (broad SMARTS) is 2. The van der Waals surface area contributed by atoms with Crippen molar-refractivity contribution in [3.05, 3.63) is 35.5 Å². The molecule has 0 saturated carbocycles. The molecular formula is C15H20FNO5. The minimum absolute atomic E-state index is 0.0670. The van der Waals surface area contributed by atoms with Crippen LogP contribution in [-0.4, -0.2) is 47.6 Å². The van der Waals surface area contributed by atoms with E-state index in [1.54, 1.807) is 18.2 Å². The zero-order chi connectivity index (χ0) is 16.5. The van der Waals surface area contributed by atoms with Crippen molar-refractivity contribution < 1.29 is 28.9 Å². The van der Waals surface area contributed by atoms with Gasteiger partial charge in [0, 0.05) is 18.6 Å². The summed E-state index contributed by atoms with van der Waals surface area (Å²) in [5.41, 5.74) is 5.94. The summed E-state index contributed by atoms with van der Waals surface area (Å²) in [4.78, 5) is 21.8. The van der Waals surface area contributed by atoms with Crippen molar-refractivity contribution in [2.75, 3.05) is 13.3 Å². The number of allylic oxidation sites excluding steroid dienone is 3. The normalized spacial score (nSPS) is 19.6. The van der Waals surface area contributed by atoms with E-state index >= 15 is 0 Å². The fourth-order valence-corrected chi connectivity index (χ4v) is 1.87. The van der Waals surface area contributed by atoms with E-state index in [9.17, 15) is 14.0 Å². The van der Waals surface area contributed by atoms with Crippen molar-refractivity contribution in [3.63, 3.8) is 0 Å². The number of rotatable bonds is 9. The van der Waals surface area contributed by atoms with E-state index in [0.29, 0.717) is 25.0 Å². The van der Waals surface area contributed by atoms with Crippen molar-refractivity contribution >= 4 is 11.9 Å². The number of alkyl halides is 1. The minimum atomic E-state index is -1.26. The van der Waals surface area contributed by atoms with E-state index in [0.717, 1.165) is 0 Å². The van der Waals surface area contributed by atoms with Gasteiger partial charge in [0.1, 0.15) is 6.04 Å². The molecule has 6 nitrogen and oxygen atoms in total. The highest BCUT2D eigenvalue weighted by atomic mass is 19.1. The molecule has 22 heavy (non-hydrogen) atoms. The third kappa shape index (κ3) is 6.19. The SMILES string of the molecule is NC(CC(=CC1=CCC(OCCCF)C=C1)C(=O)O)C(=O)O. The lowest BCUT2D eigenvalue weighted by Gasteiger charge is -2.16. The third-order valence-electron chi connectivity index (χ3n) is 3.07. The first kappa shape index (κ1) is 18.1. The first-order valence-corrected chi connectivity index (χ1v) is 6.92. The van der Waals surface area contributed by atoms with Gasteiger partial charge in [0.25, 0.3) is 0 Å². The van der Waals surface area contributed by atoms with Crippen LogP contribution in [0.1, 0.15) is 19.3 Å². The molecule has 0 saturated heterocycles. The van der Waals surface area contributed by atoms with Gasteiger partial charge in [-0.15, -0.1) is 0 Å². The zero-order valence-corrected chi connectivity index (χ0v) is 12.1. The number of hydrogen-bond donors (Lipinski definition) is 3. The van der Waals surface area contributed by atoms with E-state index in [1.807, 2.05) is 0 Å². The summed E-state index contributed by atoms with van der Waals surface area (Å²) in [6.45, 7) is -0.0928. The Labute approximate surface area is 127 Å². The van der Waals surface area contributed by atoms with Crippen LogP contribution in [0.15, 0.2) is 35.5 Å². The first-order chi connectivity index (χ1) is 10.4. The second kappa shape index (κ2) is 9.11. The Kier molecular flexibility index (Phi) is 7.48. The number of carboxylic acids is 2.